The van der Waals surface area contributed by atoms with Crippen molar-refractivity contribution < 1.29 is 14.3 Å². The number of ether oxygens (including phenoxy) is 1. The topological polar surface area (TPSA) is 61.9 Å². The van der Waals surface area contributed by atoms with Gasteiger partial charge < -0.3 is 19.9 Å². The Bertz CT molecular complexity index is 854. The monoisotopic (exact) mass is 413 g/mol. The predicted octanol–water partition coefficient (Wildman–Crippen LogP) is 2.74. The quantitative estimate of drug-likeness (QED) is 0.838. The Hall–Kier alpha value is -2.73. The molecular weight excluding hydrogens is 390 g/mol. The van der Waals surface area contributed by atoms with Gasteiger partial charge in [-0.2, -0.15) is 0 Å². The summed E-state index contributed by atoms with van der Waals surface area (Å²) >= 11 is 5.89. The van der Waals surface area contributed by atoms with Crippen molar-refractivity contribution in [3.63, 3.8) is 0 Å². The molecule has 1 saturated heterocycles. The van der Waals surface area contributed by atoms with Crippen LogP contribution in [-0.2, 0) is 17.6 Å². The molecule has 0 saturated carbocycles. The van der Waals surface area contributed by atoms with Gasteiger partial charge in [0, 0.05) is 37.6 Å². The van der Waals surface area contributed by atoms with Crippen LogP contribution < -0.4 is 10.1 Å². The van der Waals surface area contributed by atoms with Crippen LogP contribution in [0.2, 0.25) is 5.02 Å². The van der Waals surface area contributed by atoms with Gasteiger partial charge in [-0.25, -0.2) is 4.79 Å². The van der Waals surface area contributed by atoms with E-state index >= 15 is 0 Å². The zero-order valence-corrected chi connectivity index (χ0v) is 16.9. The second-order valence-electron chi connectivity index (χ2n) is 7.41. The number of benzene rings is 2. The van der Waals surface area contributed by atoms with Crippen molar-refractivity contribution in [3.8, 4) is 5.75 Å². The highest BCUT2D eigenvalue weighted by Gasteiger charge is 2.26. The van der Waals surface area contributed by atoms with E-state index in [1.54, 1.807) is 17.0 Å². The number of nitrogens with zero attached hydrogens (tertiary/aromatic N) is 2. The Balaban J connectivity index is 1.20. The Morgan fingerprint density at radius 3 is 2.41 bits per heavy atom. The summed E-state index contributed by atoms with van der Waals surface area (Å²) in [5, 5.41) is 3.62. The number of fused-ring (bicyclic) bond motifs is 1. The van der Waals surface area contributed by atoms with E-state index in [0.717, 1.165) is 17.7 Å². The van der Waals surface area contributed by atoms with Gasteiger partial charge in [0.15, 0.2) is 0 Å². The third-order valence-electron chi connectivity index (χ3n) is 5.38. The lowest BCUT2D eigenvalue weighted by atomic mass is 10.1. The van der Waals surface area contributed by atoms with Crippen LogP contribution in [0.5, 0.6) is 5.75 Å². The average Bonchev–Trinajstić information content (AvgIpc) is 3.17. The molecule has 0 aromatic heterocycles. The molecule has 2 heterocycles. The molecule has 2 aliphatic rings. The van der Waals surface area contributed by atoms with Crippen LogP contribution in [0.25, 0.3) is 0 Å². The molecule has 2 aliphatic heterocycles. The second kappa shape index (κ2) is 8.74. The van der Waals surface area contributed by atoms with Crippen molar-refractivity contribution in [1.29, 1.82) is 0 Å². The van der Waals surface area contributed by atoms with Gasteiger partial charge in [-0.05, 0) is 29.3 Å². The Morgan fingerprint density at radius 1 is 1.00 bits per heavy atom. The van der Waals surface area contributed by atoms with Crippen molar-refractivity contribution in [2.45, 2.75) is 18.9 Å². The molecule has 4 rings (SSSR count). The van der Waals surface area contributed by atoms with Crippen LogP contribution in [0.3, 0.4) is 0 Å². The van der Waals surface area contributed by atoms with Gasteiger partial charge in [-0.15, -0.1) is 0 Å². The molecule has 1 fully saturated rings. The fourth-order valence-electron chi connectivity index (χ4n) is 3.73. The van der Waals surface area contributed by atoms with Gasteiger partial charge in [0.25, 0.3) is 0 Å². The van der Waals surface area contributed by atoms with E-state index in [2.05, 4.69) is 11.4 Å². The largest absolute Gasteiger partial charge is 0.488 e. The molecule has 1 unspecified atom stereocenters. The maximum atomic E-state index is 12.5. The predicted molar refractivity (Wildman–Crippen MR) is 111 cm³/mol. The standard InChI is InChI=1S/C22H24ClN3O3/c23-18-7-5-16(6-8-18)13-21(27)25-9-11-26(12-10-25)22(28)24-15-19-14-17-3-1-2-4-20(17)29-19/h1-8,19H,9-15H2,(H,24,28). The number of urea groups is 1. The van der Waals surface area contributed by atoms with Crippen LogP contribution >= 0.6 is 11.6 Å². The van der Waals surface area contributed by atoms with Gasteiger partial charge in [-0.3, -0.25) is 4.79 Å². The number of hydrogen-bond acceptors (Lipinski definition) is 3. The van der Waals surface area contributed by atoms with Crippen LogP contribution in [0.15, 0.2) is 48.5 Å². The first-order valence-electron chi connectivity index (χ1n) is 9.88. The first kappa shape index (κ1) is 19.6. The molecule has 29 heavy (non-hydrogen) atoms. The first-order chi connectivity index (χ1) is 14.1. The van der Waals surface area contributed by atoms with E-state index in [9.17, 15) is 9.59 Å². The van der Waals surface area contributed by atoms with Gasteiger partial charge in [-0.1, -0.05) is 41.9 Å². The third kappa shape index (κ3) is 4.82. The van der Waals surface area contributed by atoms with Gasteiger partial charge in [0.1, 0.15) is 11.9 Å². The lowest BCUT2D eigenvalue weighted by Gasteiger charge is -2.35. The van der Waals surface area contributed by atoms with E-state index in [1.165, 1.54) is 5.56 Å². The number of para-hydroxylation sites is 1. The SMILES string of the molecule is O=C(Cc1ccc(Cl)cc1)N1CCN(C(=O)NCC2Cc3ccccc3O2)CC1. The summed E-state index contributed by atoms with van der Waals surface area (Å²) in [7, 11) is 0. The first-order valence-corrected chi connectivity index (χ1v) is 10.3. The highest BCUT2D eigenvalue weighted by atomic mass is 35.5. The number of hydrogen-bond donors (Lipinski definition) is 1. The fourth-order valence-corrected chi connectivity index (χ4v) is 3.85. The van der Waals surface area contributed by atoms with E-state index < -0.39 is 0 Å². The maximum Gasteiger partial charge on any atom is 0.317 e. The Kier molecular flexibility index (Phi) is 5.90. The lowest BCUT2D eigenvalue weighted by molar-refractivity contribution is -0.131. The minimum absolute atomic E-state index is 0.0291. The van der Waals surface area contributed by atoms with E-state index in [1.807, 2.05) is 35.2 Å². The number of amides is 3. The summed E-state index contributed by atoms with van der Waals surface area (Å²) in [6.07, 6.45) is 1.13. The summed E-state index contributed by atoms with van der Waals surface area (Å²) in [5.41, 5.74) is 2.12. The Labute approximate surface area is 175 Å². The molecule has 0 radical (unpaired) electrons. The zero-order valence-electron chi connectivity index (χ0n) is 16.1. The van der Waals surface area contributed by atoms with Crippen molar-refractivity contribution >= 4 is 23.5 Å². The molecule has 0 aliphatic carbocycles. The minimum atomic E-state index is -0.102. The number of carbonyl (C=O) groups is 2. The maximum absolute atomic E-state index is 12.5. The summed E-state index contributed by atoms with van der Waals surface area (Å²) < 4.78 is 5.86. The van der Waals surface area contributed by atoms with Gasteiger partial charge >= 0.3 is 6.03 Å². The average molecular weight is 414 g/mol. The molecule has 0 spiro atoms. The zero-order chi connectivity index (χ0) is 20.2. The van der Waals surface area contributed by atoms with E-state index in [4.69, 9.17) is 16.3 Å². The number of carbonyl (C=O) groups excluding carboxylic acids is 2. The number of piperazine rings is 1. The number of rotatable bonds is 4. The molecule has 2 aromatic rings. The van der Waals surface area contributed by atoms with E-state index in [-0.39, 0.29) is 18.0 Å². The number of halogens is 1. The fraction of sp³-hybridized carbons (Fsp3) is 0.364. The molecule has 2 aromatic carbocycles. The summed E-state index contributed by atoms with van der Waals surface area (Å²) in [4.78, 5) is 28.5. The highest BCUT2D eigenvalue weighted by molar-refractivity contribution is 6.30. The second-order valence-corrected chi connectivity index (χ2v) is 7.85. The third-order valence-corrected chi connectivity index (χ3v) is 5.63. The van der Waals surface area contributed by atoms with Crippen LogP contribution in [0.4, 0.5) is 4.79 Å². The summed E-state index contributed by atoms with van der Waals surface area (Å²) in [6.45, 7) is 2.63. The molecule has 6 nitrogen and oxygen atoms in total. The lowest BCUT2D eigenvalue weighted by Crippen LogP contribution is -2.54. The smallest absolute Gasteiger partial charge is 0.317 e. The van der Waals surface area contributed by atoms with E-state index in [0.29, 0.717) is 44.2 Å². The minimum Gasteiger partial charge on any atom is -0.488 e. The van der Waals surface area contributed by atoms with Gasteiger partial charge in [0.2, 0.25) is 5.91 Å². The summed E-state index contributed by atoms with van der Waals surface area (Å²) in [6, 6.07) is 15.2. The molecule has 3 amide bonds. The molecule has 1 atom stereocenters. The van der Waals surface area contributed by atoms with Crippen molar-refractivity contribution in [1.82, 2.24) is 15.1 Å². The highest BCUT2D eigenvalue weighted by Crippen LogP contribution is 2.27. The van der Waals surface area contributed by atoms with Crippen molar-refractivity contribution in [3.05, 3.63) is 64.7 Å². The molecule has 0 bridgehead atoms. The summed E-state index contributed by atoms with van der Waals surface area (Å²) in [5.74, 6) is 0.976. The molecule has 152 valence electrons. The Morgan fingerprint density at radius 2 is 1.69 bits per heavy atom. The normalized spacial score (nSPS) is 18.2. The molecular formula is C22H24ClN3O3. The molecule has 7 heteroatoms. The molecule has 1 N–H and O–H groups in total. The van der Waals surface area contributed by atoms with Crippen LogP contribution in [0, 0.1) is 0 Å². The number of nitrogens with one attached hydrogen (secondary N) is 1. The van der Waals surface area contributed by atoms with Crippen LogP contribution in [0.1, 0.15) is 11.1 Å². The van der Waals surface area contributed by atoms with Gasteiger partial charge in [0.05, 0.1) is 13.0 Å². The van der Waals surface area contributed by atoms with Crippen molar-refractivity contribution in [2.75, 3.05) is 32.7 Å². The van der Waals surface area contributed by atoms with Crippen molar-refractivity contribution in [2.24, 2.45) is 0 Å². The van der Waals surface area contributed by atoms with Crippen LogP contribution in [-0.4, -0.2) is 60.6 Å².